The Morgan fingerprint density at radius 3 is 2.63 bits per heavy atom. The highest BCUT2D eigenvalue weighted by molar-refractivity contribution is 5.38. The minimum absolute atomic E-state index is 0.0809. The van der Waals surface area contributed by atoms with Crippen LogP contribution in [0.3, 0.4) is 0 Å². The molecule has 0 amide bonds. The fourth-order valence-corrected chi connectivity index (χ4v) is 3.82. The lowest BCUT2D eigenvalue weighted by molar-refractivity contribution is 0.0710. The molecular weight excluding hydrogens is 239 g/mol. The molecule has 0 saturated carbocycles. The summed E-state index contributed by atoms with van der Waals surface area (Å²) in [5.41, 5.74) is 8.95. The van der Waals surface area contributed by atoms with E-state index >= 15 is 0 Å². The first kappa shape index (κ1) is 13.1. The van der Waals surface area contributed by atoms with E-state index in [1.165, 1.54) is 5.56 Å². The van der Waals surface area contributed by atoms with E-state index in [9.17, 15) is 4.39 Å². The van der Waals surface area contributed by atoms with Crippen LogP contribution in [0.15, 0.2) is 18.2 Å². The Kier molecular flexibility index (Phi) is 3.14. The maximum Gasteiger partial charge on any atom is 0.123 e. The average Bonchev–Trinajstić information content (AvgIpc) is 2.63. The summed E-state index contributed by atoms with van der Waals surface area (Å²) in [6, 6.07) is 5.80. The molecule has 19 heavy (non-hydrogen) atoms. The standard InChI is InChI=1S/C16H23FN2/c1-11(2)19-7-5-16(6-8-19)10-12-9-13(17)3-4-14(12)15(16)18/h3-4,9,11,15H,5-8,10,18H2,1-2H3/t15-/m1/s1. The molecule has 1 spiro atoms. The Labute approximate surface area is 114 Å². The van der Waals surface area contributed by atoms with E-state index in [2.05, 4.69) is 18.7 Å². The first-order chi connectivity index (χ1) is 9.02. The summed E-state index contributed by atoms with van der Waals surface area (Å²) in [7, 11) is 0. The van der Waals surface area contributed by atoms with E-state index < -0.39 is 0 Å². The van der Waals surface area contributed by atoms with Crippen molar-refractivity contribution in [2.24, 2.45) is 11.1 Å². The van der Waals surface area contributed by atoms with Crippen LogP contribution in [0, 0.1) is 11.2 Å². The van der Waals surface area contributed by atoms with Crippen LogP contribution in [0.25, 0.3) is 0 Å². The summed E-state index contributed by atoms with van der Waals surface area (Å²) in [5, 5.41) is 0. The van der Waals surface area contributed by atoms with E-state index in [1.807, 2.05) is 6.07 Å². The molecule has 1 aliphatic heterocycles. The Hall–Kier alpha value is -0.930. The molecular formula is C16H23FN2. The van der Waals surface area contributed by atoms with Crippen molar-refractivity contribution in [3.05, 3.63) is 35.1 Å². The summed E-state index contributed by atoms with van der Waals surface area (Å²) >= 11 is 0. The van der Waals surface area contributed by atoms with E-state index in [0.29, 0.717) is 6.04 Å². The van der Waals surface area contributed by atoms with Gasteiger partial charge < -0.3 is 10.6 Å². The molecule has 2 aliphatic rings. The zero-order valence-corrected chi connectivity index (χ0v) is 11.8. The SMILES string of the molecule is CC(C)N1CCC2(CC1)Cc1cc(F)ccc1[C@H]2N. The van der Waals surface area contributed by atoms with Crippen LogP contribution in [0.5, 0.6) is 0 Å². The smallest absolute Gasteiger partial charge is 0.123 e. The second-order valence-electron chi connectivity index (χ2n) is 6.49. The molecule has 1 aromatic rings. The van der Waals surface area contributed by atoms with E-state index in [4.69, 9.17) is 5.73 Å². The quantitative estimate of drug-likeness (QED) is 0.843. The Bertz CT molecular complexity index is 476. The van der Waals surface area contributed by atoms with Gasteiger partial charge in [-0.05, 0) is 74.9 Å². The molecule has 0 aromatic heterocycles. The number of likely N-dealkylation sites (tertiary alicyclic amines) is 1. The van der Waals surface area contributed by atoms with Crippen LogP contribution in [0.1, 0.15) is 43.9 Å². The van der Waals surface area contributed by atoms with Gasteiger partial charge in [-0.3, -0.25) is 0 Å². The van der Waals surface area contributed by atoms with Crippen molar-refractivity contribution in [1.82, 2.24) is 4.90 Å². The Morgan fingerprint density at radius 1 is 1.32 bits per heavy atom. The lowest BCUT2D eigenvalue weighted by atomic mass is 9.73. The zero-order chi connectivity index (χ0) is 13.6. The molecule has 1 saturated heterocycles. The molecule has 3 heteroatoms. The fraction of sp³-hybridized carbons (Fsp3) is 0.625. The first-order valence-electron chi connectivity index (χ1n) is 7.30. The Balaban J connectivity index is 1.82. The highest BCUT2D eigenvalue weighted by Crippen LogP contribution is 2.50. The van der Waals surface area contributed by atoms with Crippen LogP contribution in [0.4, 0.5) is 4.39 Å². The summed E-state index contributed by atoms with van der Waals surface area (Å²) in [5.74, 6) is -0.136. The number of hydrogen-bond acceptors (Lipinski definition) is 2. The third-order valence-electron chi connectivity index (χ3n) is 5.17. The van der Waals surface area contributed by atoms with Gasteiger partial charge in [-0.25, -0.2) is 4.39 Å². The van der Waals surface area contributed by atoms with Crippen molar-refractivity contribution >= 4 is 0 Å². The number of hydrogen-bond donors (Lipinski definition) is 1. The first-order valence-corrected chi connectivity index (χ1v) is 7.30. The zero-order valence-electron chi connectivity index (χ0n) is 11.8. The highest BCUT2D eigenvalue weighted by atomic mass is 19.1. The minimum Gasteiger partial charge on any atom is -0.323 e. The predicted molar refractivity (Wildman–Crippen MR) is 75.4 cm³/mol. The molecule has 0 bridgehead atoms. The summed E-state index contributed by atoms with van der Waals surface area (Å²) in [6.45, 7) is 6.72. The number of fused-ring (bicyclic) bond motifs is 1. The Morgan fingerprint density at radius 2 is 2.00 bits per heavy atom. The van der Waals surface area contributed by atoms with Crippen molar-refractivity contribution in [3.63, 3.8) is 0 Å². The molecule has 0 radical (unpaired) electrons. The fourth-order valence-electron chi connectivity index (χ4n) is 3.82. The molecule has 1 aromatic carbocycles. The molecule has 2 N–H and O–H groups in total. The summed E-state index contributed by atoms with van der Waals surface area (Å²) in [6.07, 6.45) is 3.21. The summed E-state index contributed by atoms with van der Waals surface area (Å²) in [4.78, 5) is 2.52. The maximum absolute atomic E-state index is 13.4. The molecule has 2 nitrogen and oxygen atoms in total. The highest BCUT2D eigenvalue weighted by Gasteiger charge is 2.46. The molecule has 0 unspecified atom stereocenters. The van der Waals surface area contributed by atoms with Crippen LogP contribution >= 0.6 is 0 Å². The normalized spacial score (nSPS) is 26.1. The number of nitrogens with zero attached hydrogens (tertiary/aromatic N) is 1. The minimum atomic E-state index is -0.136. The van der Waals surface area contributed by atoms with Gasteiger partial charge in [0.05, 0.1) is 0 Å². The largest absolute Gasteiger partial charge is 0.323 e. The molecule has 3 rings (SSSR count). The monoisotopic (exact) mass is 262 g/mol. The van der Waals surface area contributed by atoms with E-state index in [1.54, 1.807) is 12.1 Å². The van der Waals surface area contributed by atoms with Gasteiger partial charge in [0.25, 0.3) is 0 Å². The van der Waals surface area contributed by atoms with Gasteiger partial charge >= 0.3 is 0 Å². The predicted octanol–water partition coefficient (Wildman–Crippen LogP) is 2.87. The lowest BCUT2D eigenvalue weighted by Gasteiger charge is -2.43. The third-order valence-corrected chi connectivity index (χ3v) is 5.17. The van der Waals surface area contributed by atoms with Crippen molar-refractivity contribution in [2.75, 3.05) is 13.1 Å². The van der Waals surface area contributed by atoms with Gasteiger partial charge in [-0.15, -0.1) is 0 Å². The van der Waals surface area contributed by atoms with Crippen LogP contribution < -0.4 is 5.73 Å². The third kappa shape index (κ3) is 2.09. The number of benzene rings is 1. The van der Waals surface area contributed by atoms with Crippen molar-refractivity contribution < 1.29 is 4.39 Å². The van der Waals surface area contributed by atoms with Crippen LogP contribution in [-0.2, 0) is 6.42 Å². The van der Waals surface area contributed by atoms with Gasteiger partial charge in [-0.2, -0.15) is 0 Å². The number of nitrogens with two attached hydrogens (primary N) is 1. The summed E-state index contributed by atoms with van der Waals surface area (Å²) < 4.78 is 13.4. The number of halogens is 1. The average molecular weight is 262 g/mol. The van der Waals surface area contributed by atoms with Gasteiger partial charge in [0.15, 0.2) is 0 Å². The number of piperidine rings is 1. The van der Waals surface area contributed by atoms with Gasteiger partial charge in [-0.1, -0.05) is 6.07 Å². The number of rotatable bonds is 1. The van der Waals surface area contributed by atoms with Gasteiger partial charge in [0.1, 0.15) is 5.82 Å². The van der Waals surface area contributed by atoms with Crippen molar-refractivity contribution in [3.8, 4) is 0 Å². The van der Waals surface area contributed by atoms with E-state index in [0.717, 1.165) is 37.9 Å². The van der Waals surface area contributed by atoms with Crippen LogP contribution in [-0.4, -0.2) is 24.0 Å². The van der Waals surface area contributed by atoms with Crippen molar-refractivity contribution in [2.45, 2.75) is 45.2 Å². The molecule has 1 atom stereocenters. The molecule has 1 heterocycles. The molecule has 104 valence electrons. The second kappa shape index (κ2) is 4.57. The van der Waals surface area contributed by atoms with Gasteiger partial charge in [0, 0.05) is 12.1 Å². The molecule has 1 aliphatic carbocycles. The second-order valence-corrected chi connectivity index (χ2v) is 6.49. The van der Waals surface area contributed by atoms with Crippen molar-refractivity contribution in [1.29, 1.82) is 0 Å². The molecule has 1 fully saturated rings. The van der Waals surface area contributed by atoms with E-state index in [-0.39, 0.29) is 17.3 Å². The maximum atomic E-state index is 13.4. The lowest BCUT2D eigenvalue weighted by Crippen LogP contribution is -2.46. The van der Waals surface area contributed by atoms with Gasteiger partial charge in [0.2, 0.25) is 0 Å². The topological polar surface area (TPSA) is 29.3 Å². The van der Waals surface area contributed by atoms with Crippen LogP contribution in [0.2, 0.25) is 0 Å².